The lowest BCUT2D eigenvalue weighted by Gasteiger charge is -2.15. The number of nitrogens with one attached hydrogen (secondary N) is 1. The van der Waals surface area contributed by atoms with Crippen molar-refractivity contribution in [3.63, 3.8) is 0 Å². The van der Waals surface area contributed by atoms with E-state index in [4.69, 9.17) is 0 Å². The maximum absolute atomic E-state index is 13.0. The lowest BCUT2D eigenvalue weighted by Crippen LogP contribution is -2.26. The molecule has 0 spiro atoms. The zero-order chi connectivity index (χ0) is 23.5. The fourth-order valence-corrected chi connectivity index (χ4v) is 3.26. The average molecular weight is 452 g/mol. The minimum Gasteiger partial charge on any atom is -0.352 e. The number of nitrogens with zero attached hydrogens (tertiary/aromatic N) is 1. The summed E-state index contributed by atoms with van der Waals surface area (Å²) in [5.41, 5.74) is -0.344. The molecule has 0 unspecified atom stereocenters. The van der Waals surface area contributed by atoms with Crippen molar-refractivity contribution in [2.24, 2.45) is 0 Å². The standard InChI is InChI=1S/C23H18F6N2O/c1-14-4-2-3-5-18(14)19-7-8-30-13-20(19)21(32)31-9-6-15-10-16(22(24,25)26)12-17(11-15)23(27,28)29/h2-5,7-8,10-13H,6,9H2,1H3,(H,31,32). The number of halogens is 6. The van der Waals surface area contributed by atoms with Crippen molar-refractivity contribution < 1.29 is 31.1 Å². The van der Waals surface area contributed by atoms with Gasteiger partial charge in [-0.15, -0.1) is 0 Å². The minimum absolute atomic E-state index is 0.0756. The first kappa shape index (κ1) is 23.3. The number of pyridine rings is 1. The Hall–Kier alpha value is -3.36. The predicted octanol–water partition coefficient (Wildman–Crippen LogP) is 6.07. The molecule has 0 aliphatic carbocycles. The van der Waals surface area contributed by atoms with Crippen LogP contribution in [0.1, 0.15) is 32.6 Å². The van der Waals surface area contributed by atoms with Crippen LogP contribution in [0.25, 0.3) is 11.1 Å². The summed E-state index contributed by atoms with van der Waals surface area (Å²) in [6.07, 6.45) is -7.16. The van der Waals surface area contributed by atoms with Gasteiger partial charge in [-0.05, 0) is 59.9 Å². The van der Waals surface area contributed by atoms with Gasteiger partial charge in [-0.2, -0.15) is 26.3 Å². The normalized spacial score (nSPS) is 12.0. The van der Waals surface area contributed by atoms with Crippen molar-refractivity contribution in [3.05, 3.63) is 88.7 Å². The van der Waals surface area contributed by atoms with Crippen molar-refractivity contribution in [1.82, 2.24) is 10.3 Å². The fourth-order valence-electron chi connectivity index (χ4n) is 3.26. The van der Waals surface area contributed by atoms with Gasteiger partial charge in [0.15, 0.2) is 0 Å². The van der Waals surface area contributed by atoms with Gasteiger partial charge in [0.25, 0.3) is 5.91 Å². The minimum atomic E-state index is -4.92. The van der Waals surface area contributed by atoms with Gasteiger partial charge in [-0.1, -0.05) is 24.3 Å². The Morgan fingerprint density at radius 2 is 1.53 bits per heavy atom. The van der Waals surface area contributed by atoms with E-state index in [1.165, 1.54) is 12.4 Å². The molecule has 0 aliphatic rings. The van der Waals surface area contributed by atoms with E-state index >= 15 is 0 Å². The molecule has 1 aromatic heterocycles. The molecule has 0 radical (unpaired) electrons. The molecule has 0 fully saturated rings. The van der Waals surface area contributed by atoms with Gasteiger partial charge >= 0.3 is 12.4 Å². The maximum atomic E-state index is 13.0. The fraction of sp³-hybridized carbons (Fsp3) is 0.217. The van der Waals surface area contributed by atoms with Crippen LogP contribution < -0.4 is 5.32 Å². The second-order valence-electron chi connectivity index (χ2n) is 7.16. The topological polar surface area (TPSA) is 42.0 Å². The predicted molar refractivity (Wildman–Crippen MR) is 107 cm³/mol. The second-order valence-corrected chi connectivity index (χ2v) is 7.16. The van der Waals surface area contributed by atoms with Gasteiger partial charge in [-0.3, -0.25) is 9.78 Å². The lowest BCUT2D eigenvalue weighted by molar-refractivity contribution is -0.143. The average Bonchev–Trinajstić information content (AvgIpc) is 2.72. The third-order valence-corrected chi connectivity index (χ3v) is 4.85. The number of hydrogen-bond donors (Lipinski definition) is 1. The van der Waals surface area contributed by atoms with Crippen LogP contribution in [-0.4, -0.2) is 17.4 Å². The Balaban J connectivity index is 1.78. The van der Waals surface area contributed by atoms with Crippen molar-refractivity contribution in [1.29, 1.82) is 0 Å². The molecule has 32 heavy (non-hydrogen) atoms. The van der Waals surface area contributed by atoms with Crippen molar-refractivity contribution in [2.75, 3.05) is 6.54 Å². The molecule has 168 valence electrons. The quantitative estimate of drug-likeness (QED) is 0.478. The van der Waals surface area contributed by atoms with Crippen LogP contribution in [0.15, 0.2) is 60.9 Å². The molecule has 3 nitrogen and oxygen atoms in total. The lowest BCUT2D eigenvalue weighted by atomic mass is 9.97. The number of rotatable bonds is 5. The third-order valence-electron chi connectivity index (χ3n) is 4.85. The zero-order valence-corrected chi connectivity index (χ0v) is 16.8. The molecule has 3 aromatic rings. The van der Waals surface area contributed by atoms with Gasteiger partial charge in [0.1, 0.15) is 0 Å². The van der Waals surface area contributed by atoms with Crippen molar-refractivity contribution >= 4 is 5.91 Å². The van der Waals surface area contributed by atoms with E-state index in [9.17, 15) is 31.1 Å². The Labute approximate surface area is 180 Å². The molecule has 0 bridgehead atoms. The summed E-state index contributed by atoms with van der Waals surface area (Å²) < 4.78 is 78.0. The Morgan fingerprint density at radius 1 is 0.906 bits per heavy atom. The van der Waals surface area contributed by atoms with E-state index in [1.807, 2.05) is 31.2 Å². The number of aryl methyl sites for hydroxylation is 1. The number of amides is 1. The van der Waals surface area contributed by atoms with Crippen LogP contribution in [0.4, 0.5) is 26.3 Å². The third kappa shape index (κ3) is 5.46. The Morgan fingerprint density at radius 3 is 2.12 bits per heavy atom. The van der Waals surface area contributed by atoms with Gasteiger partial charge < -0.3 is 5.32 Å². The molecule has 1 amide bonds. The smallest absolute Gasteiger partial charge is 0.352 e. The van der Waals surface area contributed by atoms with Crippen LogP contribution in [0, 0.1) is 6.92 Å². The Bertz CT molecular complexity index is 1090. The van der Waals surface area contributed by atoms with E-state index in [0.717, 1.165) is 11.1 Å². The van der Waals surface area contributed by atoms with Crippen LogP contribution >= 0.6 is 0 Å². The van der Waals surface area contributed by atoms with E-state index in [0.29, 0.717) is 17.7 Å². The van der Waals surface area contributed by atoms with E-state index in [1.54, 1.807) is 6.07 Å². The van der Waals surface area contributed by atoms with Crippen molar-refractivity contribution in [2.45, 2.75) is 25.7 Å². The first-order valence-corrected chi connectivity index (χ1v) is 9.53. The molecular formula is C23H18F6N2O. The van der Waals surface area contributed by atoms with Gasteiger partial charge in [0.2, 0.25) is 0 Å². The van der Waals surface area contributed by atoms with Gasteiger partial charge in [0.05, 0.1) is 16.7 Å². The molecule has 1 N–H and O–H groups in total. The summed E-state index contributed by atoms with van der Waals surface area (Å²) in [6, 6.07) is 10.4. The summed E-state index contributed by atoms with van der Waals surface area (Å²) in [5, 5.41) is 2.55. The molecule has 2 aromatic carbocycles. The maximum Gasteiger partial charge on any atom is 0.416 e. The first-order valence-electron chi connectivity index (χ1n) is 9.53. The second kappa shape index (κ2) is 9.02. The summed E-state index contributed by atoms with van der Waals surface area (Å²) in [7, 11) is 0. The number of benzene rings is 2. The highest BCUT2D eigenvalue weighted by Gasteiger charge is 2.36. The highest BCUT2D eigenvalue weighted by molar-refractivity contribution is 6.00. The molecular weight excluding hydrogens is 434 g/mol. The molecule has 9 heteroatoms. The van der Waals surface area contributed by atoms with Crippen LogP contribution in [0.5, 0.6) is 0 Å². The SMILES string of the molecule is Cc1ccccc1-c1ccncc1C(=O)NCCc1cc(C(F)(F)F)cc(C(F)(F)F)c1. The van der Waals surface area contributed by atoms with E-state index in [-0.39, 0.29) is 30.2 Å². The molecule has 0 aliphatic heterocycles. The number of hydrogen-bond acceptors (Lipinski definition) is 2. The van der Waals surface area contributed by atoms with Crippen LogP contribution in [0.3, 0.4) is 0 Å². The largest absolute Gasteiger partial charge is 0.416 e. The number of carbonyl (C=O) groups excluding carboxylic acids is 1. The number of carbonyl (C=O) groups is 1. The molecule has 1 heterocycles. The molecule has 0 saturated heterocycles. The highest BCUT2D eigenvalue weighted by atomic mass is 19.4. The highest BCUT2D eigenvalue weighted by Crippen LogP contribution is 2.36. The molecule has 0 saturated carbocycles. The van der Waals surface area contributed by atoms with Crippen LogP contribution in [-0.2, 0) is 18.8 Å². The van der Waals surface area contributed by atoms with Crippen molar-refractivity contribution in [3.8, 4) is 11.1 Å². The number of aromatic nitrogens is 1. The monoisotopic (exact) mass is 452 g/mol. The molecule has 0 atom stereocenters. The summed E-state index contributed by atoms with van der Waals surface area (Å²) >= 11 is 0. The van der Waals surface area contributed by atoms with Gasteiger partial charge in [0, 0.05) is 18.9 Å². The first-order chi connectivity index (χ1) is 15.0. The Kier molecular flexibility index (Phi) is 6.57. The molecule has 3 rings (SSSR count). The summed E-state index contributed by atoms with van der Waals surface area (Å²) in [5.74, 6) is -0.528. The van der Waals surface area contributed by atoms with E-state index < -0.39 is 29.4 Å². The van der Waals surface area contributed by atoms with E-state index in [2.05, 4.69) is 10.3 Å². The zero-order valence-electron chi connectivity index (χ0n) is 16.8. The summed E-state index contributed by atoms with van der Waals surface area (Å²) in [6.45, 7) is 1.73. The van der Waals surface area contributed by atoms with Crippen LogP contribution in [0.2, 0.25) is 0 Å². The summed E-state index contributed by atoms with van der Waals surface area (Å²) in [4.78, 5) is 16.6. The van der Waals surface area contributed by atoms with Gasteiger partial charge in [-0.25, -0.2) is 0 Å². The number of alkyl halides is 6.